The lowest BCUT2D eigenvalue weighted by atomic mass is 9.84. The molecule has 0 aliphatic heterocycles. The van der Waals surface area contributed by atoms with Gasteiger partial charge in [-0.15, -0.1) is 0 Å². The zero-order chi connectivity index (χ0) is 39.6. The summed E-state index contributed by atoms with van der Waals surface area (Å²) in [5, 5.41) is 25.8. The van der Waals surface area contributed by atoms with E-state index in [2.05, 4.69) is 20.1 Å². The van der Waals surface area contributed by atoms with Crippen molar-refractivity contribution in [1.29, 1.82) is 0 Å². The van der Waals surface area contributed by atoms with E-state index in [4.69, 9.17) is 4.74 Å². The minimum Gasteiger partial charge on any atom is -0.497 e. The van der Waals surface area contributed by atoms with Crippen LogP contribution in [0.3, 0.4) is 0 Å². The number of carboxylic acid groups (broad SMARTS) is 1. The predicted octanol–water partition coefficient (Wildman–Crippen LogP) is 6.34. The van der Waals surface area contributed by atoms with E-state index in [1.165, 1.54) is 62.6 Å². The molecule has 0 saturated heterocycles. The maximum Gasteiger partial charge on any atom is 0.407 e. The Kier molecular flexibility index (Phi) is 14.0. The number of aliphatic hydroxyl groups excluding tert-OH is 1. The van der Waals surface area contributed by atoms with Gasteiger partial charge in [0.2, 0.25) is 15.9 Å². The van der Waals surface area contributed by atoms with Crippen LogP contribution in [-0.4, -0.2) is 73.9 Å². The van der Waals surface area contributed by atoms with E-state index in [0.29, 0.717) is 11.8 Å². The lowest BCUT2D eigenvalue weighted by Crippen LogP contribution is -2.47. The van der Waals surface area contributed by atoms with Gasteiger partial charge in [0.15, 0.2) is 0 Å². The Labute approximate surface area is 307 Å². The van der Waals surface area contributed by atoms with Crippen molar-refractivity contribution in [2.45, 2.75) is 48.8 Å². The third kappa shape index (κ3) is 10.9. The molecular weight excluding hydrogens is 736 g/mol. The number of amides is 2. The fraction of sp³-hybridized carbons (Fsp3) is 0.278. The number of sulfonamides is 1. The number of methoxy groups -OCH3 is 1. The number of hydrogen-bond acceptors (Lipinski definition) is 7. The van der Waals surface area contributed by atoms with Crippen molar-refractivity contribution in [1.82, 2.24) is 9.62 Å². The van der Waals surface area contributed by atoms with Crippen molar-refractivity contribution in [3.05, 3.63) is 135 Å². The van der Waals surface area contributed by atoms with E-state index >= 15 is 4.39 Å². The van der Waals surface area contributed by atoms with Gasteiger partial charge >= 0.3 is 6.09 Å². The molecule has 4 aromatic rings. The van der Waals surface area contributed by atoms with Gasteiger partial charge in [-0.25, -0.2) is 35.5 Å². The van der Waals surface area contributed by atoms with Crippen LogP contribution in [0.2, 0.25) is 0 Å². The highest BCUT2D eigenvalue weighted by atomic mass is 32.2. The summed E-state index contributed by atoms with van der Waals surface area (Å²) in [7, 11) is -2.90. The highest BCUT2D eigenvalue weighted by molar-refractivity contribution is 7.89. The third-order valence-corrected chi connectivity index (χ3v) is 9.78. The molecular formula is C36H36F4N6O7S. The molecule has 286 valence electrons. The molecule has 4 N–H and O–H groups in total. The summed E-state index contributed by atoms with van der Waals surface area (Å²) in [6.07, 6.45) is -3.09. The third-order valence-electron chi connectivity index (χ3n) is 8.24. The standard InChI is InChI=1S/C36H36F4N6O7S/c1-21(47)19-46(36(49)50)20-27(44-54(51,52)29-13-11-28(53-2)12-14-29)10-15-30-31(40)4-3-5-32(30)42-35(48)34(43-45-41)33(22-6-8-24(37)9-7-22)23-16-25(38)18-26(39)17-23/h3-9,11-14,16-18,21,27,33-34,44,47H,10,15,19-20H2,1-2H3,(H,42,48)(H,49,50)/t21-,27-,33-,34-/m0/s1. The number of halogens is 4. The van der Waals surface area contributed by atoms with Crippen molar-refractivity contribution in [2.75, 3.05) is 25.5 Å². The molecule has 0 radical (unpaired) electrons. The van der Waals surface area contributed by atoms with Crippen LogP contribution in [0.25, 0.3) is 10.4 Å². The quantitative estimate of drug-likeness (QED) is 0.0416. The van der Waals surface area contributed by atoms with Crippen LogP contribution in [0.4, 0.5) is 28.0 Å². The Bertz CT molecular complexity index is 2080. The largest absolute Gasteiger partial charge is 0.497 e. The SMILES string of the molecule is COc1ccc(S(=O)(=O)N[C@@H](CCc2c(F)cccc2NC(=O)[C@@H](N=[N+]=[N-])[C@@H](c2ccc(F)cc2)c2cc(F)cc(F)c2)CN(C[C@H](C)O)C(=O)O)cc1. The van der Waals surface area contributed by atoms with Gasteiger partial charge in [-0.05, 0) is 97.1 Å². The van der Waals surface area contributed by atoms with E-state index in [9.17, 15) is 46.9 Å². The molecule has 4 aromatic carbocycles. The molecule has 0 fully saturated rings. The van der Waals surface area contributed by atoms with Crippen LogP contribution in [0, 0.1) is 23.3 Å². The number of nitrogens with zero attached hydrogens (tertiary/aromatic N) is 4. The van der Waals surface area contributed by atoms with Crippen molar-refractivity contribution >= 4 is 27.7 Å². The number of azide groups is 1. The van der Waals surface area contributed by atoms with E-state index in [1.807, 2.05) is 0 Å². The number of carbonyl (C=O) groups excluding carboxylic acids is 1. The lowest BCUT2D eigenvalue weighted by molar-refractivity contribution is -0.117. The normalized spacial score (nSPS) is 13.5. The predicted molar refractivity (Wildman–Crippen MR) is 189 cm³/mol. The Balaban J connectivity index is 1.68. The molecule has 0 aliphatic carbocycles. The zero-order valence-electron chi connectivity index (χ0n) is 28.9. The Morgan fingerprint density at radius 1 is 0.926 bits per heavy atom. The van der Waals surface area contributed by atoms with Crippen molar-refractivity contribution < 1.29 is 50.5 Å². The molecule has 4 atom stereocenters. The van der Waals surface area contributed by atoms with Crippen LogP contribution in [0.1, 0.15) is 36.0 Å². The first kappa shape index (κ1) is 41.1. The minimum atomic E-state index is -4.29. The van der Waals surface area contributed by atoms with Crippen molar-refractivity contribution in [3.8, 4) is 5.75 Å². The number of rotatable bonds is 17. The number of hydrogen-bond donors (Lipinski definition) is 4. The fourth-order valence-electron chi connectivity index (χ4n) is 5.81. The summed E-state index contributed by atoms with van der Waals surface area (Å²) in [6, 6.07) is 13.0. The van der Waals surface area contributed by atoms with Gasteiger partial charge < -0.3 is 25.2 Å². The van der Waals surface area contributed by atoms with Crippen molar-refractivity contribution in [2.24, 2.45) is 5.11 Å². The molecule has 0 heterocycles. The number of ether oxygens (including phenoxy) is 1. The van der Waals surface area contributed by atoms with E-state index in [1.54, 1.807) is 0 Å². The van der Waals surface area contributed by atoms with Crippen LogP contribution >= 0.6 is 0 Å². The molecule has 18 heteroatoms. The van der Waals surface area contributed by atoms with Crippen LogP contribution in [-0.2, 0) is 21.2 Å². The summed E-state index contributed by atoms with van der Waals surface area (Å²) >= 11 is 0. The molecule has 0 bridgehead atoms. The molecule has 0 saturated carbocycles. The Morgan fingerprint density at radius 3 is 2.15 bits per heavy atom. The maximum absolute atomic E-state index is 15.5. The van der Waals surface area contributed by atoms with Crippen LogP contribution < -0.4 is 14.8 Å². The molecule has 0 unspecified atom stereocenters. The summed E-state index contributed by atoms with van der Waals surface area (Å²) < 4.78 is 92.5. The number of benzene rings is 4. The molecule has 2 amide bonds. The highest BCUT2D eigenvalue weighted by Gasteiger charge is 2.32. The minimum absolute atomic E-state index is 0.127. The first-order valence-electron chi connectivity index (χ1n) is 16.3. The molecule has 0 aliphatic rings. The van der Waals surface area contributed by atoms with Gasteiger partial charge in [-0.2, -0.15) is 0 Å². The van der Waals surface area contributed by atoms with E-state index < -0.39 is 75.9 Å². The molecule has 13 nitrogen and oxygen atoms in total. The topological polar surface area (TPSA) is 194 Å². The Morgan fingerprint density at radius 2 is 1.57 bits per heavy atom. The van der Waals surface area contributed by atoms with E-state index in [0.717, 1.165) is 35.2 Å². The van der Waals surface area contributed by atoms with Crippen molar-refractivity contribution in [3.63, 3.8) is 0 Å². The number of nitrogens with one attached hydrogen (secondary N) is 2. The summed E-state index contributed by atoms with van der Waals surface area (Å²) in [5.41, 5.74) is 9.18. The number of aliphatic hydroxyl groups is 1. The van der Waals surface area contributed by atoms with Gasteiger partial charge in [0.1, 0.15) is 35.1 Å². The summed E-state index contributed by atoms with van der Waals surface area (Å²) in [6.45, 7) is 0.506. The average molecular weight is 773 g/mol. The summed E-state index contributed by atoms with van der Waals surface area (Å²) in [4.78, 5) is 29.3. The zero-order valence-corrected chi connectivity index (χ0v) is 29.7. The highest BCUT2D eigenvalue weighted by Crippen LogP contribution is 2.33. The Hall–Kier alpha value is -5.68. The second-order valence-corrected chi connectivity index (χ2v) is 13.9. The van der Waals surface area contributed by atoms with Gasteiger partial charge in [0.25, 0.3) is 0 Å². The second kappa shape index (κ2) is 18.4. The second-order valence-electron chi connectivity index (χ2n) is 12.2. The molecule has 0 spiro atoms. The van der Waals surface area contributed by atoms with Gasteiger partial charge in [-0.3, -0.25) is 4.79 Å². The van der Waals surface area contributed by atoms with Gasteiger partial charge in [0, 0.05) is 47.3 Å². The first-order valence-corrected chi connectivity index (χ1v) is 17.8. The van der Waals surface area contributed by atoms with Gasteiger partial charge in [0.05, 0.1) is 18.1 Å². The monoisotopic (exact) mass is 772 g/mol. The fourth-order valence-corrected chi connectivity index (χ4v) is 7.07. The average Bonchev–Trinajstić information content (AvgIpc) is 3.10. The lowest BCUT2D eigenvalue weighted by Gasteiger charge is -2.27. The maximum atomic E-state index is 15.5. The molecule has 4 rings (SSSR count). The van der Waals surface area contributed by atoms with E-state index in [-0.39, 0.29) is 46.7 Å². The summed E-state index contributed by atoms with van der Waals surface area (Å²) in [5.74, 6) is -5.51. The molecule has 0 aromatic heterocycles. The number of carbonyl (C=O) groups is 2. The van der Waals surface area contributed by atoms with Gasteiger partial charge in [-0.1, -0.05) is 23.3 Å². The van der Waals surface area contributed by atoms with Crippen LogP contribution in [0.5, 0.6) is 5.75 Å². The smallest absolute Gasteiger partial charge is 0.407 e. The first-order chi connectivity index (χ1) is 25.6. The van der Waals surface area contributed by atoms with Crippen LogP contribution in [0.15, 0.2) is 94.9 Å². The molecule has 54 heavy (non-hydrogen) atoms. The number of anilines is 1.